The molecule has 3 aromatic carbocycles. The van der Waals surface area contributed by atoms with Gasteiger partial charge in [0.25, 0.3) is 5.91 Å². The summed E-state index contributed by atoms with van der Waals surface area (Å²) >= 11 is 1.81. The van der Waals surface area contributed by atoms with Gasteiger partial charge in [-0.1, -0.05) is 48.5 Å². The molecule has 0 saturated carbocycles. The number of amides is 2. The summed E-state index contributed by atoms with van der Waals surface area (Å²) in [5.74, 6) is -7.14. The van der Waals surface area contributed by atoms with Gasteiger partial charge in [0.1, 0.15) is 6.61 Å². The van der Waals surface area contributed by atoms with Crippen molar-refractivity contribution in [3.63, 3.8) is 0 Å². The molecule has 2 amide bonds. The van der Waals surface area contributed by atoms with E-state index in [1.54, 1.807) is 0 Å². The first-order chi connectivity index (χ1) is 16.7. The highest BCUT2D eigenvalue weighted by atomic mass is 127. The quantitative estimate of drug-likeness (QED) is 0.332. The molecule has 0 fully saturated rings. The zero-order chi connectivity index (χ0) is 25.2. The van der Waals surface area contributed by atoms with Crippen LogP contribution in [0.3, 0.4) is 0 Å². The van der Waals surface area contributed by atoms with Crippen LogP contribution in [0.25, 0.3) is 11.1 Å². The third kappa shape index (κ3) is 5.42. The molecule has 35 heavy (non-hydrogen) atoms. The van der Waals surface area contributed by atoms with Crippen molar-refractivity contribution in [2.75, 3.05) is 18.5 Å². The topological polar surface area (TPSA) is 105 Å². The molecule has 1 aliphatic carbocycles. The van der Waals surface area contributed by atoms with Crippen LogP contribution in [0.15, 0.2) is 66.7 Å². The molecule has 1 aliphatic rings. The number of carbonyl (C=O) groups excluding carboxylic acids is 2. The van der Waals surface area contributed by atoms with Gasteiger partial charge in [-0.2, -0.15) is 8.78 Å². The Bertz CT molecular complexity index is 1270. The summed E-state index contributed by atoms with van der Waals surface area (Å²) in [6, 6.07) is 19.1. The molecule has 0 aromatic heterocycles. The number of carboxylic acid groups (broad SMARTS) is 1. The minimum absolute atomic E-state index is 0.0575. The molecule has 0 heterocycles. The van der Waals surface area contributed by atoms with Crippen molar-refractivity contribution in [2.45, 2.75) is 11.8 Å². The fourth-order valence-corrected chi connectivity index (χ4v) is 4.59. The number of aromatic carboxylic acids is 1. The van der Waals surface area contributed by atoms with Gasteiger partial charge in [0.05, 0.1) is 12.1 Å². The zero-order valence-corrected chi connectivity index (χ0v) is 20.2. The van der Waals surface area contributed by atoms with Crippen molar-refractivity contribution in [1.82, 2.24) is 5.32 Å². The van der Waals surface area contributed by atoms with Crippen LogP contribution in [-0.2, 0) is 9.53 Å². The Kier molecular flexibility index (Phi) is 7.01. The second-order valence-corrected chi connectivity index (χ2v) is 9.12. The van der Waals surface area contributed by atoms with Crippen LogP contribution in [0.4, 0.5) is 19.3 Å². The van der Waals surface area contributed by atoms with Gasteiger partial charge in [-0.3, -0.25) is 4.79 Å². The Balaban J connectivity index is 1.35. The van der Waals surface area contributed by atoms with Gasteiger partial charge < -0.3 is 20.5 Å². The maximum Gasteiger partial charge on any atom is 0.407 e. The average molecular weight is 592 g/mol. The molecular weight excluding hydrogens is 573 g/mol. The van der Waals surface area contributed by atoms with Crippen molar-refractivity contribution in [2.24, 2.45) is 0 Å². The lowest BCUT2D eigenvalue weighted by molar-refractivity contribution is -0.138. The Morgan fingerprint density at radius 2 is 1.57 bits per heavy atom. The largest absolute Gasteiger partial charge is 0.478 e. The smallest absolute Gasteiger partial charge is 0.407 e. The molecule has 4 rings (SSSR count). The van der Waals surface area contributed by atoms with E-state index in [1.165, 1.54) is 12.1 Å². The first-order valence-corrected chi connectivity index (χ1v) is 11.6. The molecular formula is C25H19F2IN2O5. The lowest BCUT2D eigenvalue weighted by atomic mass is 9.98. The van der Waals surface area contributed by atoms with Crippen LogP contribution in [0.1, 0.15) is 27.4 Å². The van der Waals surface area contributed by atoms with Gasteiger partial charge in [-0.15, -0.1) is 0 Å². The number of benzene rings is 3. The first-order valence-electron chi connectivity index (χ1n) is 10.5. The molecule has 0 unspecified atom stereocenters. The van der Waals surface area contributed by atoms with Crippen molar-refractivity contribution in [3.8, 4) is 11.1 Å². The summed E-state index contributed by atoms with van der Waals surface area (Å²) in [6.45, 7) is -1.34. The lowest BCUT2D eigenvalue weighted by Crippen LogP contribution is -2.45. The minimum atomic E-state index is -3.96. The van der Waals surface area contributed by atoms with Gasteiger partial charge in [0, 0.05) is 15.2 Å². The highest BCUT2D eigenvalue weighted by molar-refractivity contribution is 14.1. The minimum Gasteiger partial charge on any atom is -0.478 e. The molecule has 0 aliphatic heterocycles. The number of halogens is 3. The molecule has 0 saturated heterocycles. The Hall–Kier alpha value is -3.54. The van der Waals surface area contributed by atoms with Crippen LogP contribution in [0.2, 0.25) is 0 Å². The Morgan fingerprint density at radius 3 is 2.17 bits per heavy atom. The van der Waals surface area contributed by atoms with Gasteiger partial charge >= 0.3 is 18.0 Å². The SMILES string of the molecule is O=C(NCC(F)(F)C(=O)Nc1cc(I)cc(C(=O)O)c1)OCC1c2ccccc2-c2ccccc21. The van der Waals surface area contributed by atoms with Crippen molar-refractivity contribution in [1.29, 1.82) is 0 Å². The molecule has 3 aromatic rings. The van der Waals surface area contributed by atoms with Gasteiger partial charge in [0.15, 0.2) is 0 Å². The molecule has 7 nitrogen and oxygen atoms in total. The number of hydrogen-bond acceptors (Lipinski definition) is 4. The number of nitrogens with one attached hydrogen (secondary N) is 2. The van der Waals surface area contributed by atoms with Crippen molar-refractivity contribution < 1.29 is 33.0 Å². The summed E-state index contributed by atoms with van der Waals surface area (Å²) in [6.07, 6.45) is -1.08. The van der Waals surface area contributed by atoms with Crippen molar-refractivity contribution in [3.05, 3.63) is 87.0 Å². The number of carboxylic acids is 1. The Labute approximate surface area is 212 Å². The predicted molar refractivity (Wildman–Crippen MR) is 133 cm³/mol. The fraction of sp³-hybridized carbons (Fsp3) is 0.160. The summed E-state index contributed by atoms with van der Waals surface area (Å²) in [5, 5.41) is 13.0. The van der Waals surface area contributed by atoms with E-state index >= 15 is 0 Å². The standard InChI is InChI=1S/C25H19F2IN2O5/c26-25(27,23(33)30-16-10-14(22(31)32)9-15(28)11-16)13-29-24(34)35-12-21-19-7-3-1-5-17(19)18-6-2-4-8-20(18)21/h1-11,21H,12-13H2,(H,29,34)(H,30,33)(H,31,32). The normalized spacial score (nSPS) is 12.4. The number of carbonyl (C=O) groups is 3. The summed E-state index contributed by atoms with van der Waals surface area (Å²) < 4.78 is 34.4. The van der Waals surface area contributed by atoms with Crippen molar-refractivity contribution >= 4 is 46.2 Å². The van der Waals surface area contributed by atoms with Crippen LogP contribution in [-0.4, -0.2) is 42.2 Å². The van der Waals surface area contributed by atoms with Crippen LogP contribution >= 0.6 is 22.6 Å². The number of hydrogen-bond donors (Lipinski definition) is 3. The van der Waals surface area contributed by atoms with E-state index in [1.807, 2.05) is 81.8 Å². The van der Waals surface area contributed by atoms with E-state index in [9.17, 15) is 23.2 Å². The Morgan fingerprint density at radius 1 is 0.971 bits per heavy atom. The lowest BCUT2D eigenvalue weighted by Gasteiger charge is -2.18. The van der Waals surface area contributed by atoms with E-state index in [2.05, 4.69) is 0 Å². The maximum atomic E-state index is 14.4. The zero-order valence-electron chi connectivity index (χ0n) is 18.1. The third-order valence-electron chi connectivity index (χ3n) is 5.53. The maximum absolute atomic E-state index is 14.4. The monoisotopic (exact) mass is 592 g/mol. The predicted octanol–water partition coefficient (Wildman–Crippen LogP) is 5.10. The summed E-state index contributed by atoms with van der Waals surface area (Å²) in [4.78, 5) is 35.4. The second kappa shape index (κ2) is 9.98. The summed E-state index contributed by atoms with van der Waals surface area (Å²) in [5.41, 5.74) is 3.75. The third-order valence-corrected chi connectivity index (χ3v) is 6.16. The first kappa shape index (κ1) is 24.6. The number of ether oxygens (including phenoxy) is 1. The van der Waals surface area contributed by atoms with Crippen LogP contribution < -0.4 is 10.6 Å². The molecule has 0 atom stereocenters. The van der Waals surface area contributed by atoms with Gasteiger partial charge in [-0.25, -0.2) is 9.59 Å². The summed E-state index contributed by atoms with van der Waals surface area (Å²) in [7, 11) is 0. The number of anilines is 1. The van der Waals surface area contributed by atoms with E-state index < -0.39 is 30.4 Å². The molecule has 0 bridgehead atoms. The van der Waals surface area contributed by atoms with Gasteiger partial charge in [-0.05, 0) is 63.0 Å². The highest BCUT2D eigenvalue weighted by Gasteiger charge is 2.39. The van der Waals surface area contributed by atoms with Crippen LogP contribution in [0, 0.1) is 3.57 Å². The number of fused-ring (bicyclic) bond motifs is 3. The molecule has 10 heteroatoms. The molecule has 0 spiro atoms. The number of alkyl halides is 2. The average Bonchev–Trinajstić information content (AvgIpc) is 3.15. The van der Waals surface area contributed by atoms with E-state index in [0.29, 0.717) is 3.57 Å². The van der Waals surface area contributed by atoms with Gasteiger partial charge in [0.2, 0.25) is 0 Å². The molecule has 0 radical (unpaired) electrons. The number of rotatable bonds is 7. The van der Waals surface area contributed by atoms with E-state index in [0.717, 1.165) is 28.3 Å². The van der Waals surface area contributed by atoms with E-state index in [-0.39, 0.29) is 23.8 Å². The molecule has 180 valence electrons. The van der Waals surface area contributed by atoms with E-state index in [4.69, 9.17) is 9.84 Å². The second-order valence-electron chi connectivity index (χ2n) is 7.87. The number of alkyl carbamates (subject to hydrolysis) is 1. The molecule has 3 N–H and O–H groups in total. The fourth-order valence-electron chi connectivity index (χ4n) is 3.92. The van der Waals surface area contributed by atoms with Crippen LogP contribution in [0.5, 0.6) is 0 Å². The highest BCUT2D eigenvalue weighted by Crippen LogP contribution is 2.44.